The molecule has 6 nitrogen and oxygen atoms in total. The van der Waals surface area contributed by atoms with Gasteiger partial charge in [0.05, 0.1) is 21.0 Å². The minimum atomic E-state index is -3.84. The Bertz CT molecular complexity index is 1200. The fourth-order valence-electron chi connectivity index (χ4n) is 2.62. The molecule has 0 amide bonds. The normalized spacial score (nSPS) is 11.6. The van der Waals surface area contributed by atoms with Crippen LogP contribution in [0.2, 0.25) is 5.02 Å². The van der Waals surface area contributed by atoms with Gasteiger partial charge in [0.2, 0.25) is 0 Å². The van der Waals surface area contributed by atoms with E-state index in [2.05, 4.69) is 29.2 Å². The highest BCUT2D eigenvalue weighted by atomic mass is 35.5. The van der Waals surface area contributed by atoms with Gasteiger partial charge in [-0.05, 0) is 41.8 Å². The van der Waals surface area contributed by atoms with Crippen LogP contribution in [0.1, 0.15) is 10.4 Å². The molecule has 0 radical (unpaired) electrons. The van der Waals surface area contributed by atoms with Gasteiger partial charge in [-0.1, -0.05) is 30.3 Å². The Hall–Kier alpha value is -2.68. The molecule has 3 rings (SSSR count). The van der Waals surface area contributed by atoms with Gasteiger partial charge in [-0.3, -0.25) is 14.1 Å². The summed E-state index contributed by atoms with van der Waals surface area (Å²) in [6.45, 7) is 3.59. The van der Waals surface area contributed by atoms with Crippen molar-refractivity contribution in [3.63, 3.8) is 0 Å². The topological polar surface area (TPSA) is 80.2 Å². The van der Waals surface area contributed by atoms with Crippen LogP contribution in [0.5, 0.6) is 0 Å². The van der Waals surface area contributed by atoms with E-state index in [0.29, 0.717) is 21.5 Å². The first-order chi connectivity index (χ1) is 13.3. The van der Waals surface area contributed by atoms with E-state index in [0.717, 1.165) is 0 Å². The van der Waals surface area contributed by atoms with Crippen LogP contribution < -0.4 is 10.0 Å². The molecule has 0 atom stereocenters. The number of carbonyl (C=O) groups excluding carboxylic acids is 1. The van der Waals surface area contributed by atoms with E-state index >= 15 is 0 Å². The minimum absolute atomic E-state index is 0.0424. The van der Waals surface area contributed by atoms with E-state index in [1.54, 1.807) is 42.6 Å². The van der Waals surface area contributed by atoms with Crippen molar-refractivity contribution in [3.8, 4) is 0 Å². The highest BCUT2D eigenvalue weighted by Gasteiger charge is 2.18. The van der Waals surface area contributed by atoms with E-state index in [9.17, 15) is 13.2 Å². The Labute approximate surface area is 173 Å². The number of rotatable bonds is 6. The van der Waals surface area contributed by atoms with Crippen LogP contribution in [0, 0.1) is 0 Å². The highest BCUT2D eigenvalue weighted by molar-refractivity contribution is 7.89. The van der Waals surface area contributed by atoms with Crippen LogP contribution in [-0.2, 0) is 10.0 Å². The summed E-state index contributed by atoms with van der Waals surface area (Å²) in [4.78, 5) is 12.8. The predicted octanol–water partition coefficient (Wildman–Crippen LogP) is 3.72. The van der Waals surface area contributed by atoms with Crippen molar-refractivity contribution >= 4 is 51.1 Å². The summed E-state index contributed by atoms with van der Waals surface area (Å²) in [5.41, 5.74) is 0.929. The molecule has 0 aliphatic heterocycles. The van der Waals surface area contributed by atoms with Crippen LogP contribution in [0.4, 0.5) is 0 Å². The van der Waals surface area contributed by atoms with Gasteiger partial charge in [-0.25, -0.2) is 8.42 Å². The Balaban J connectivity index is 1.93. The summed E-state index contributed by atoms with van der Waals surface area (Å²) in [5.74, 6) is -0.220. The summed E-state index contributed by atoms with van der Waals surface area (Å²) in [6.07, 6.45) is 3.01. The monoisotopic (exact) mass is 433 g/mol. The maximum Gasteiger partial charge on any atom is 0.263 e. The number of carbonyl (C=O) groups is 1. The molecule has 0 saturated carbocycles. The Morgan fingerprint density at radius 2 is 1.93 bits per heavy atom. The lowest BCUT2D eigenvalue weighted by molar-refractivity contribution is 0.0965. The molecule has 2 aromatic carbocycles. The second kappa shape index (κ2) is 8.14. The van der Waals surface area contributed by atoms with Crippen LogP contribution in [0.15, 0.2) is 83.6 Å². The third kappa shape index (κ3) is 4.09. The third-order valence-electron chi connectivity index (χ3n) is 3.88. The molecule has 0 unspecified atom stereocenters. The summed E-state index contributed by atoms with van der Waals surface area (Å²) < 4.78 is 28.8. The number of thiol groups is 1. The molecule has 9 heteroatoms. The second-order valence-corrected chi connectivity index (χ2v) is 8.12. The van der Waals surface area contributed by atoms with Gasteiger partial charge < -0.3 is 5.32 Å². The zero-order valence-corrected chi connectivity index (χ0v) is 16.9. The lowest BCUT2D eigenvalue weighted by Gasteiger charge is -2.11. The number of sulfonamides is 1. The maximum atomic E-state index is 12.8. The molecule has 0 aliphatic rings. The second-order valence-electron chi connectivity index (χ2n) is 5.74. The summed E-state index contributed by atoms with van der Waals surface area (Å²) in [5, 5.41) is 4.98. The number of hydrogen-bond donors (Lipinski definition) is 3. The van der Waals surface area contributed by atoms with Gasteiger partial charge >= 0.3 is 0 Å². The average Bonchev–Trinajstić information content (AvgIpc) is 3.09. The van der Waals surface area contributed by atoms with Crippen LogP contribution in [0.3, 0.4) is 0 Å². The number of benzene rings is 2. The van der Waals surface area contributed by atoms with Crippen molar-refractivity contribution in [1.82, 2.24) is 14.6 Å². The quantitative estimate of drug-likeness (QED) is 0.517. The summed E-state index contributed by atoms with van der Waals surface area (Å²) in [6, 6.07) is 12.9. The molecule has 28 heavy (non-hydrogen) atoms. The molecule has 0 aliphatic carbocycles. The zero-order chi connectivity index (χ0) is 20.3. The van der Waals surface area contributed by atoms with Crippen LogP contribution in [-0.4, -0.2) is 18.9 Å². The zero-order valence-electron chi connectivity index (χ0n) is 14.5. The summed E-state index contributed by atoms with van der Waals surface area (Å²) >= 11 is 9.98. The molecule has 144 valence electrons. The van der Waals surface area contributed by atoms with Gasteiger partial charge in [0.1, 0.15) is 5.82 Å². The van der Waals surface area contributed by atoms with E-state index in [1.165, 1.54) is 28.3 Å². The van der Waals surface area contributed by atoms with E-state index in [-0.39, 0.29) is 16.6 Å². The predicted molar refractivity (Wildman–Crippen MR) is 114 cm³/mol. The molecule has 0 fully saturated rings. The summed E-state index contributed by atoms with van der Waals surface area (Å²) in [7, 11) is -3.84. The van der Waals surface area contributed by atoms with Crippen LogP contribution >= 0.6 is 24.2 Å². The molecule has 0 bridgehead atoms. The number of nitrogens with one attached hydrogen (secondary N) is 2. The number of aromatic nitrogens is 1. The van der Waals surface area contributed by atoms with Gasteiger partial charge in [0.15, 0.2) is 0 Å². The fraction of sp³-hybridized carbons (Fsp3) is 0. The Morgan fingerprint density at radius 1 is 1.18 bits per heavy atom. The smallest absolute Gasteiger partial charge is 0.263 e. The average molecular weight is 434 g/mol. The number of hydrogen-bond acceptors (Lipinski definition) is 5. The fourth-order valence-corrected chi connectivity index (χ4v) is 3.94. The van der Waals surface area contributed by atoms with Gasteiger partial charge in [0.25, 0.3) is 15.9 Å². The standard InChI is InChI=1S/C19H16ClN3O3S2/c1-13(21-9-11-27)22-28(25,26)15-6-7-18-14(12-15)8-10-23(18)19(24)16-4-2-3-5-17(16)20/h2-12,21-22,27H,1H2/b11-9-. The lowest BCUT2D eigenvalue weighted by atomic mass is 10.2. The van der Waals surface area contributed by atoms with Crippen molar-refractivity contribution < 1.29 is 13.2 Å². The van der Waals surface area contributed by atoms with Crippen molar-refractivity contribution in [2.75, 3.05) is 0 Å². The molecule has 1 aromatic heterocycles. The molecular weight excluding hydrogens is 418 g/mol. The first-order valence-corrected chi connectivity index (χ1v) is 10.4. The first kappa shape index (κ1) is 20.1. The minimum Gasteiger partial charge on any atom is -0.348 e. The van der Waals surface area contributed by atoms with Gasteiger partial charge in [-0.15, -0.1) is 12.6 Å². The molecule has 2 N–H and O–H groups in total. The van der Waals surface area contributed by atoms with Crippen molar-refractivity contribution in [2.24, 2.45) is 0 Å². The van der Waals surface area contributed by atoms with Crippen molar-refractivity contribution in [2.45, 2.75) is 4.90 Å². The van der Waals surface area contributed by atoms with E-state index in [4.69, 9.17) is 11.6 Å². The van der Waals surface area contributed by atoms with E-state index < -0.39 is 10.0 Å². The SMILES string of the molecule is C=C(N/C=C\S)NS(=O)(=O)c1ccc2c(ccn2C(=O)c2ccccc2Cl)c1. The van der Waals surface area contributed by atoms with Gasteiger partial charge in [0, 0.05) is 17.8 Å². The first-order valence-electron chi connectivity index (χ1n) is 8.01. The van der Waals surface area contributed by atoms with Gasteiger partial charge in [-0.2, -0.15) is 0 Å². The number of fused-ring (bicyclic) bond motifs is 1. The van der Waals surface area contributed by atoms with Crippen molar-refractivity contribution in [3.05, 3.63) is 89.3 Å². The Morgan fingerprint density at radius 3 is 2.64 bits per heavy atom. The third-order valence-corrected chi connectivity index (χ3v) is 5.75. The molecule has 3 aromatic rings. The molecule has 1 heterocycles. The highest BCUT2D eigenvalue weighted by Crippen LogP contribution is 2.23. The molecule has 0 spiro atoms. The van der Waals surface area contributed by atoms with Crippen LogP contribution in [0.25, 0.3) is 10.9 Å². The lowest BCUT2D eigenvalue weighted by Crippen LogP contribution is -2.28. The van der Waals surface area contributed by atoms with Crippen molar-refractivity contribution in [1.29, 1.82) is 0 Å². The molecular formula is C19H16ClN3O3S2. The Kier molecular flexibility index (Phi) is 5.83. The largest absolute Gasteiger partial charge is 0.348 e. The number of nitrogens with zero attached hydrogens (tertiary/aromatic N) is 1. The van der Waals surface area contributed by atoms with E-state index in [1.807, 2.05) is 0 Å². The number of halogens is 1. The maximum absolute atomic E-state index is 12.8. The molecule has 0 saturated heterocycles.